The Balaban J connectivity index is 0.000000902. The maximum absolute atomic E-state index is 4.67. The van der Waals surface area contributed by atoms with E-state index in [1.54, 1.807) is 0 Å². The van der Waals surface area contributed by atoms with Crippen LogP contribution in [0.5, 0.6) is 0 Å². The van der Waals surface area contributed by atoms with Gasteiger partial charge < -0.3 is 1.43 Å². The second-order valence-corrected chi connectivity index (χ2v) is 4.14. The summed E-state index contributed by atoms with van der Waals surface area (Å²) in [5, 5.41) is 0. The first-order valence-electron chi connectivity index (χ1n) is 5.76. The zero-order chi connectivity index (χ0) is 11.6. The Labute approximate surface area is 121 Å². The number of allylic oxidation sites excluding steroid dienone is 1. The van der Waals surface area contributed by atoms with Gasteiger partial charge in [0, 0.05) is 6.21 Å². The minimum Gasteiger partial charge on any atom is -1.00 e. The molecular formula is C16H14LiN. The van der Waals surface area contributed by atoms with E-state index in [0.29, 0.717) is 0 Å². The molecule has 0 unspecified atom stereocenters. The van der Waals surface area contributed by atoms with Crippen LogP contribution in [0.4, 0.5) is 0 Å². The summed E-state index contributed by atoms with van der Waals surface area (Å²) in [4.78, 5) is 4.67. The zero-order valence-corrected chi connectivity index (χ0v) is 10.5. The van der Waals surface area contributed by atoms with Crippen molar-refractivity contribution in [3.63, 3.8) is 0 Å². The van der Waals surface area contributed by atoms with Gasteiger partial charge in [0.25, 0.3) is 0 Å². The first-order chi connectivity index (χ1) is 8.42. The first kappa shape index (κ1) is 12.9. The van der Waals surface area contributed by atoms with E-state index in [0.717, 1.165) is 0 Å². The van der Waals surface area contributed by atoms with E-state index >= 15 is 0 Å². The van der Waals surface area contributed by atoms with Crippen LogP contribution in [-0.4, -0.2) is 6.21 Å². The Morgan fingerprint density at radius 2 is 1.28 bits per heavy atom. The zero-order valence-electron chi connectivity index (χ0n) is 11.5. The fraction of sp³-hybridized carbons (Fsp3) is 0.0625. The number of rotatable bonds is 2. The minimum absolute atomic E-state index is 0. The molecule has 3 rings (SSSR count). The molecule has 2 aromatic rings. The standard InChI is InChI=1S/C16H13N.Li.H/c1-3-8-14(9-4-1)16(12-7-13-17-16)15-10-5-2-6-11-15;;/h1-13H;;/q;+1;-1. The van der Waals surface area contributed by atoms with E-state index in [1.165, 1.54) is 11.1 Å². The van der Waals surface area contributed by atoms with Gasteiger partial charge >= 0.3 is 18.9 Å². The summed E-state index contributed by atoms with van der Waals surface area (Å²) in [6.45, 7) is 0. The summed E-state index contributed by atoms with van der Waals surface area (Å²) in [7, 11) is 0. The molecule has 0 spiro atoms. The van der Waals surface area contributed by atoms with Gasteiger partial charge in [-0.15, -0.1) is 0 Å². The molecule has 2 heteroatoms. The SMILES string of the molecule is C1=CC(c2ccccc2)(c2ccccc2)N=C1.[H-].[Li+]. The summed E-state index contributed by atoms with van der Waals surface area (Å²) in [6, 6.07) is 20.8. The Hall–Kier alpha value is -1.55. The number of hydrogen-bond acceptors (Lipinski definition) is 1. The molecule has 1 aliphatic rings. The van der Waals surface area contributed by atoms with Crippen LogP contribution in [0.2, 0.25) is 0 Å². The molecule has 0 N–H and O–H groups in total. The quantitative estimate of drug-likeness (QED) is 0.669. The fourth-order valence-electron chi connectivity index (χ4n) is 2.28. The van der Waals surface area contributed by atoms with Gasteiger partial charge in [-0.05, 0) is 23.3 Å². The third kappa shape index (κ3) is 2.08. The summed E-state index contributed by atoms with van der Waals surface area (Å²) < 4.78 is 0. The van der Waals surface area contributed by atoms with Crippen LogP contribution in [0, 0.1) is 0 Å². The Morgan fingerprint density at radius 1 is 0.778 bits per heavy atom. The normalized spacial score (nSPS) is 15.3. The largest absolute Gasteiger partial charge is 1.00 e. The van der Waals surface area contributed by atoms with Crippen molar-refractivity contribution in [3.8, 4) is 0 Å². The Morgan fingerprint density at radius 3 is 1.67 bits per heavy atom. The predicted molar refractivity (Wildman–Crippen MR) is 72.4 cm³/mol. The number of hydrogen-bond donors (Lipinski definition) is 0. The number of benzene rings is 2. The van der Waals surface area contributed by atoms with Crippen molar-refractivity contribution in [1.82, 2.24) is 0 Å². The minimum atomic E-state index is -0.331. The molecule has 0 fully saturated rings. The van der Waals surface area contributed by atoms with Crippen LogP contribution in [0.1, 0.15) is 12.6 Å². The van der Waals surface area contributed by atoms with E-state index < -0.39 is 0 Å². The molecule has 2 aromatic carbocycles. The van der Waals surface area contributed by atoms with Crippen molar-refractivity contribution in [2.24, 2.45) is 4.99 Å². The molecule has 18 heavy (non-hydrogen) atoms. The third-order valence-electron chi connectivity index (χ3n) is 3.13. The second kappa shape index (κ2) is 5.39. The van der Waals surface area contributed by atoms with Crippen LogP contribution in [0.3, 0.4) is 0 Å². The topological polar surface area (TPSA) is 12.4 Å². The Bertz CT molecular complexity index is 510. The molecule has 1 aliphatic heterocycles. The molecule has 0 bridgehead atoms. The predicted octanol–water partition coefficient (Wildman–Crippen LogP) is 0.687. The molecular weight excluding hydrogens is 213 g/mol. The van der Waals surface area contributed by atoms with Gasteiger partial charge in [-0.1, -0.05) is 60.7 Å². The third-order valence-corrected chi connectivity index (χ3v) is 3.13. The molecule has 0 aromatic heterocycles. The van der Waals surface area contributed by atoms with Gasteiger partial charge in [0.2, 0.25) is 0 Å². The first-order valence-corrected chi connectivity index (χ1v) is 5.76. The number of aliphatic imine (C=N–C) groups is 1. The van der Waals surface area contributed by atoms with Crippen LogP contribution < -0.4 is 18.9 Å². The van der Waals surface area contributed by atoms with Crippen LogP contribution in [0.25, 0.3) is 0 Å². The van der Waals surface area contributed by atoms with Gasteiger partial charge in [0.15, 0.2) is 0 Å². The fourth-order valence-corrected chi connectivity index (χ4v) is 2.28. The average Bonchev–Trinajstić information content (AvgIpc) is 2.91. The van der Waals surface area contributed by atoms with Crippen molar-refractivity contribution >= 4 is 6.21 Å². The van der Waals surface area contributed by atoms with Crippen LogP contribution in [0.15, 0.2) is 77.8 Å². The summed E-state index contributed by atoms with van der Waals surface area (Å²) in [5.41, 5.74) is 2.08. The van der Waals surface area contributed by atoms with Crippen molar-refractivity contribution in [2.45, 2.75) is 5.54 Å². The van der Waals surface area contributed by atoms with Gasteiger partial charge in [0.05, 0.1) is 0 Å². The van der Waals surface area contributed by atoms with Crippen LogP contribution >= 0.6 is 0 Å². The average molecular weight is 227 g/mol. The van der Waals surface area contributed by atoms with Gasteiger partial charge in [-0.2, -0.15) is 0 Å². The summed E-state index contributed by atoms with van der Waals surface area (Å²) in [6.07, 6.45) is 6.04. The van der Waals surface area contributed by atoms with Crippen molar-refractivity contribution in [2.75, 3.05) is 0 Å². The van der Waals surface area contributed by atoms with Gasteiger partial charge in [-0.25, -0.2) is 0 Å². The Kier molecular flexibility index (Phi) is 3.86. The molecule has 0 aliphatic carbocycles. The maximum Gasteiger partial charge on any atom is 1.00 e. The molecule has 0 amide bonds. The van der Waals surface area contributed by atoms with E-state index in [2.05, 4.69) is 59.6 Å². The van der Waals surface area contributed by atoms with E-state index in [4.69, 9.17) is 0 Å². The van der Waals surface area contributed by atoms with E-state index in [1.807, 2.05) is 24.4 Å². The molecule has 0 atom stereocenters. The second-order valence-electron chi connectivity index (χ2n) is 4.14. The molecule has 0 radical (unpaired) electrons. The van der Waals surface area contributed by atoms with Gasteiger partial charge in [-0.3, -0.25) is 4.99 Å². The molecule has 84 valence electrons. The summed E-state index contributed by atoms with van der Waals surface area (Å²) in [5.74, 6) is 0. The van der Waals surface area contributed by atoms with Crippen molar-refractivity contribution < 1.29 is 20.3 Å². The molecule has 0 saturated carbocycles. The van der Waals surface area contributed by atoms with Crippen LogP contribution in [-0.2, 0) is 5.54 Å². The molecule has 1 heterocycles. The van der Waals surface area contributed by atoms with Crippen molar-refractivity contribution in [3.05, 3.63) is 83.9 Å². The molecule has 0 saturated heterocycles. The molecule has 1 nitrogen and oxygen atoms in total. The maximum atomic E-state index is 4.67. The smallest absolute Gasteiger partial charge is 1.00 e. The monoisotopic (exact) mass is 227 g/mol. The van der Waals surface area contributed by atoms with Gasteiger partial charge in [0.1, 0.15) is 5.54 Å². The summed E-state index contributed by atoms with van der Waals surface area (Å²) >= 11 is 0. The number of nitrogens with zero attached hydrogens (tertiary/aromatic N) is 1. The van der Waals surface area contributed by atoms with E-state index in [-0.39, 0.29) is 25.8 Å². The van der Waals surface area contributed by atoms with E-state index in [9.17, 15) is 0 Å². The van der Waals surface area contributed by atoms with Crippen molar-refractivity contribution in [1.29, 1.82) is 0 Å².